The Bertz CT molecular complexity index is 2950. The van der Waals surface area contributed by atoms with Gasteiger partial charge in [-0.1, -0.05) is 129 Å². The minimum Gasteiger partial charge on any atom is -0.456 e. The third kappa shape index (κ3) is 3.06. The molecule has 11 rings (SSSR count). The second kappa shape index (κ2) is 8.69. The van der Waals surface area contributed by atoms with Crippen LogP contribution >= 0.6 is 0 Å². The Labute approximate surface area is 271 Å². The largest absolute Gasteiger partial charge is 0.456 e. The van der Waals surface area contributed by atoms with Gasteiger partial charge in [0.15, 0.2) is 0 Å². The minimum absolute atomic E-state index is 0.210. The van der Waals surface area contributed by atoms with Crippen LogP contribution in [0.1, 0.15) is 25.0 Å². The van der Waals surface area contributed by atoms with Crippen molar-refractivity contribution in [2.24, 2.45) is 0 Å². The van der Waals surface area contributed by atoms with Gasteiger partial charge in [0.25, 0.3) is 0 Å². The van der Waals surface area contributed by atoms with Crippen LogP contribution in [0.15, 0.2) is 144 Å². The molecule has 0 aliphatic heterocycles. The zero-order chi connectivity index (χ0) is 31.0. The van der Waals surface area contributed by atoms with E-state index in [1.807, 2.05) is 0 Å². The molecule has 8 aromatic carbocycles. The summed E-state index contributed by atoms with van der Waals surface area (Å²) < 4.78 is 9.43. The van der Waals surface area contributed by atoms with Crippen molar-refractivity contribution in [1.82, 2.24) is 4.57 Å². The average Bonchev–Trinajstić information content (AvgIpc) is 3.74. The van der Waals surface area contributed by atoms with Crippen molar-refractivity contribution < 1.29 is 4.42 Å². The highest BCUT2D eigenvalue weighted by Crippen LogP contribution is 2.57. The normalized spacial score (nSPS) is 13.9. The molecule has 10 aromatic rings. The van der Waals surface area contributed by atoms with Gasteiger partial charge < -0.3 is 8.98 Å². The van der Waals surface area contributed by atoms with Crippen molar-refractivity contribution in [3.05, 3.63) is 151 Å². The Kier molecular flexibility index (Phi) is 4.68. The van der Waals surface area contributed by atoms with Gasteiger partial charge in [-0.2, -0.15) is 0 Å². The van der Waals surface area contributed by atoms with Crippen molar-refractivity contribution in [1.29, 1.82) is 0 Å². The van der Waals surface area contributed by atoms with Crippen LogP contribution in [0.5, 0.6) is 0 Å². The lowest BCUT2D eigenvalue weighted by Gasteiger charge is -2.22. The van der Waals surface area contributed by atoms with Crippen molar-refractivity contribution >= 4 is 76.1 Å². The van der Waals surface area contributed by atoms with Gasteiger partial charge >= 0.3 is 0 Å². The summed E-state index contributed by atoms with van der Waals surface area (Å²) in [5, 5.41) is 12.6. The number of nitrogens with zero attached hydrogens (tertiary/aromatic N) is 1. The van der Waals surface area contributed by atoms with Crippen LogP contribution in [0.2, 0.25) is 0 Å². The van der Waals surface area contributed by atoms with E-state index in [1.165, 1.54) is 81.8 Å². The predicted octanol–water partition coefficient (Wildman–Crippen LogP) is 12.4. The zero-order valence-corrected chi connectivity index (χ0v) is 26.1. The Balaban J connectivity index is 1.39. The summed E-state index contributed by atoms with van der Waals surface area (Å²) in [6, 6.07) is 51.1. The third-order valence-corrected chi connectivity index (χ3v) is 10.9. The van der Waals surface area contributed by atoms with Crippen LogP contribution in [0, 0.1) is 0 Å². The second-order valence-electron chi connectivity index (χ2n) is 13.6. The highest BCUT2D eigenvalue weighted by Gasteiger charge is 2.41. The average molecular weight is 600 g/mol. The first-order chi connectivity index (χ1) is 23.1. The van der Waals surface area contributed by atoms with Crippen LogP contribution in [-0.2, 0) is 5.41 Å². The first-order valence-electron chi connectivity index (χ1n) is 16.5. The summed E-state index contributed by atoms with van der Waals surface area (Å²) in [6.07, 6.45) is 0. The molecular weight excluding hydrogens is 571 g/mol. The summed E-state index contributed by atoms with van der Waals surface area (Å²) in [5.74, 6) is 0. The molecule has 0 spiro atoms. The topological polar surface area (TPSA) is 18.1 Å². The molecule has 2 heteroatoms. The van der Waals surface area contributed by atoms with Crippen LogP contribution in [-0.4, -0.2) is 4.57 Å². The number of benzene rings is 8. The standard InChI is InChI=1S/C45H29NO/c1-45(2)36-20-10-7-17-32(36)39-40-33-18-8-11-21-37(33)46(43(40)41-34-19-9-12-22-38(34)47-44(41)42(39)45)26-23-24-31-29-15-4-3-13-27(29)28-14-5-6-16-30(28)35(31)25-26/h3-25H,1-2H3. The van der Waals surface area contributed by atoms with Gasteiger partial charge in [0.2, 0.25) is 0 Å². The smallest absolute Gasteiger partial charge is 0.142 e. The molecule has 0 bridgehead atoms. The van der Waals surface area contributed by atoms with E-state index in [4.69, 9.17) is 4.42 Å². The van der Waals surface area contributed by atoms with Crippen LogP contribution < -0.4 is 0 Å². The Hall–Kier alpha value is -5.86. The summed E-state index contributed by atoms with van der Waals surface area (Å²) in [7, 11) is 0. The lowest BCUT2D eigenvalue weighted by Crippen LogP contribution is -2.15. The molecule has 0 N–H and O–H groups in total. The van der Waals surface area contributed by atoms with E-state index < -0.39 is 0 Å². The maximum absolute atomic E-state index is 6.92. The van der Waals surface area contributed by atoms with Crippen molar-refractivity contribution in [2.45, 2.75) is 19.3 Å². The molecule has 0 saturated heterocycles. The van der Waals surface area contributed by atoms with Gasteiger partial charge in [0, 0.05) is 32.8 Å². The molecule has 0 fully saturated rings. The molecule has 1 aliphatic rings. The highest BCUT2D eigenvalue weighted by atomic mass is 16.3. The van der Waals surface area contributed by atoms with E-state index >= 15 is 0 Å². The van der Waals surface area contributed by atoms with E-state index in [2.05, 4.69) is 158 Å². The molecule has 47 heavy (non-hydrogen) atoms. The van der Waals surface area contributed by atoms with Crippen molar-refractivity contribution in [3.8, 4) is 16.8 Å². The number of hydrogen-bond donors (Lipinski definition) is 0. The van der Waals surface area contributed by atoms with Crippen LogP contribution in [0.25, 0.3) is 92.9 Å². The molecule has 0 amide bonds. The summed E-state index contributed by atoms with van der Waals surface area (Å²) in [5.41, 5.74) is 10.5. The molecule has 220 valence electrons. The van der Waals surface area contributed by atoms with Crippen molar-refractivity contribution in [3.63, 3.8) is 0 Å². The molecule has 2 nitrogen and oxygen atoms in total. The molecule has 0 atom stereocenters. The predicted molar refractivity (Wildman–Crippen MR) is 198 cm³/mol. The van der Waals surface area contributed by atoms with Crippen LogP contribution in [0.4, 0.5) is 0 Å². The fraction of sp³-hybridized carbons (Fsp3) is 0.0667. The summed E-state index contributed by atoms with van der Waals surface area (Å²) >= 11 is 0. The van der Waals surface area contributed by atoms with Gasteiger partial charge in [0.1, 0.15) is 11.2 Å². The monoisotopic (exact) mass is 599 g/mol. The molecule has 0 saturated carbocycles. The Morgan fingerprint density at radius 3 is 1.83 bits per heavy atom. The molecule has 1 aliphatic carbocycles. The third-order valence-electron chi connectivity index (χ3n) is 10.9. The van der Waals surface area contributed by atoms with Gasteiger partial charge in [-0.15, -0.1) is 0 Å². The molecule has 2 aromatic heterocycles. The number of para-hydroxylation sites is 2. The summed E-state index contributed by atoms with van der Waals surface area (Å²) in [6.45, 7) is 4.71. The SMILES string of the molecule is CC1(C)c2ccccc2-c2c1c1oc3ccccc3c1c1c2c2ccccc2n1-c1ccc2c3ccccc3c3ccccc3c2c1. The lowest BCUT2D eigenvalue weighted by atomic mass is 9.81. The maximum atomic E-state index is 6.92. The first-order valence-corrected chi connectivity index (χ1v) is 16.5. The van der Waals surface area contributed by atoms with Crippen LogP contribution in [0.3, 0.4) is 0 Å². The second-order valence-corrected chi connectivity index (χ2v) is 13.6. The fourth-order valence-corrected chi connectivity index (χ4v) is 8.97. The van der Waals surface area contributed by atoms with Gasteiger partial charge in [-0.25, -0.2) is 0 Å². The molecule has 0 radical (unpaired) electrons. The number of aromatic nitrogens is 1. The highest BCUT2D eigenvalue weighted by molar-refractivity contribution is 6.31. The van der Waals surface area contributed by atoms with E-state index in [0.717, 1.165) is 22.2 Å². The Morgan fingerprint density at radius 1 is 0.511 bits per heavy atom. The first kappa shape index (κ1) is 25.3. The minimum atomic E-state index is -0.210. The zero-order valence-electron chi connectivity index (χ0n) is 26.1. The lowest BCUT2D eigenvalue weighted by molar-refractivity contribution is 0.620. The quantitative estimate of drug-likeness (QED) is 0.172. The molecule has 2 heterocycles. The number of furan rings is 1. The number of hydrogen-bond acceptors (Lipinski definition) is 1. The fourth-order valence-electron chi connectivity index (χ4n) is 8.97. The van der Waals surface area contributed by atoms with Crippen molar-refractivity contribution in [2.75, 3.05) is 0 Å². The van der Waals surface area contributed by atoms with E-state index in [1.54, 1.807) is 0 Å². The number of rotatable bonds is 1. The van der Waals surface area contributed by atoms with Gasteiger partial charge in [-0.3, -0.25) is 0 Å². The van der Waals surface area contributed by atoms with E-state index in [9.17, 15) is 0 Å². The van der Waals surface area contributed by atoms with E-state index in [0.29, 0.717) is 0 Å². The Morgan fingerprint density at radius 2 is 1.09 bits per heavy atom. The maximum Gasteiger partial charge on any atom is 0.142 e. The molecule has 0 unspecified atom stereocenters. The molecular formula is C45H29NO. The van der Waals surface area contributed by atoms with Gasteiger partial charge in [0.05, 0.1) is 16.4 Å². The summed E-state index contributed by atoms with van der Waals surface area (Å²) in [4.78, 5) is 0. The van der Waals surface area contributed by atoms with Gasteiger partial charge in [-0.05, 0) is 73.3 Å². The number of fused-ring (bicyclic) bond motifs is 18. The van der Waals surface area contributed by atoms with E-state index in [-0.39, 0.29) is 5.41 Å².